The number of hydrogen-bond donors (Lipinski definition) is 1. The van der Waals surface area contributed by atoms with Gasteiger partial charge in [0.1, 0.15) is 16.3 Å². The number of nitrogens with zero attached hydrogens (tertiary/aromatic N) is 4. The lowest BCUT2D eigenvalue weighted by atomic mass is 10.2. The molecule has 0 unspecified atom stereocenters. The normalized spacial score (nSPS) is 11.6. The number of aryl methyl sites for hydroxylation is 1. The third-order valence-electron chi connectivity index (χ3n) is 4.24. The minimum Gasteiger partial charge on any atom is -0.345 e. The Balaban J connectivity index is 1.67. The first-order valence-corrected chi connectivity index (χ1v) is 9.37. The Morgan fingerprint density at radius 2 is 2.12 bits per heavy atom. The van der Waals surface area contributed by atoms with Crippen LogP contribution in [0.4, 0.5) is 0 Å². The number of hydrogen-bond acceptors (Lipinski definition) is 4. The molecule has 0 bridgehead atoms. The maximum absolute atomic E-state index is 4.88. The van der Waals surface area contributed by atoms with Crippen molar-refractivity contribution in [3.8, 4) is 21.8 Å². The highest BCUT2D eigenvalue weighted by molar-refractivity contribution is 9.10. The molecule has 7 heteroatoms. The molecule has 0 fully saturated rings. The van der Waals surface area contributed by atoms with Crippen molar-refractivity contribution < 1.29 is 0 Å². The van der Waals surface area contributed by atoms with Gasteiger partial charge in [-0.15, -0.1) is 11.3 Å². The van der Waals surface area contributed by atoms with Gasteiger partial charge in [-0.05, 0) is 34.1 Å². The van der Waals surface area contributed by atoms with Crippen LogP contribution in [0.3, 0.4) is 0 Å². The highest BCUT2D eigenvalue weighted by atomic mass is 79.9. The van der Waals surface area contributed by atoms with E-state index in [0.29, 0.717) is 0 Å². The number of pyridine rings is 2. The van der Waals surface area contributed by atoms with Gasteiger partial charge in [-0.1, -0.05) is 0 Å². The molecule has 0 radical (unpaired) electrons. The molecule has 0 aliphatic carbocycles. The summed E-state index contributed by atoms with van der Waals surface area (Å²) >= 11 is 5.15. The van der Waals surface area contributed by atoms with Gasteiger partial charge in [0.25, 0.3) is 0 Å². The van der Waals surface area contributed by atoms with Crippen molar-refractivity contribution in [3.05, 3.63) is 52.8 Å². The van der Waals surface area contributed by atoms with E-state index < -0.39 is 0 Å². The summed E-state index contributed by atoms with van der Waals surface area (Å²) in [6, 6.07) is 6.10. The third-order valence-corrected chi connectivity index (χ3v) is 5.55. The Labute approximate surface area is 155 Å². The zero-order valence-electron chi connectivity index (χ0n) is 13.2. The summed E-state index contributed by atoms with van der Waals surface area (Å²) in [5, 5.41) is 5.26. The summed E-state index contributed by atoms with van der Waals surface area (Å²) in [5.74, 6) is 0. The largest absolute Gasteiger partial charge is 0.345 e. The Morgan fingerprint density at radius 1 is 1.20 bits per heavy atom. The van der Waals surface area contributed by atoms with Crippen LogP contribution >= 0.6 is 27.3 Å². The fraction of sp³-hybridized carbons (Fsp3) is 0.0556. The van der Waals surface area contributed by atoms with E-state index in [2.05, 4.69) is 54.6 Å². The standard InChI is InChI=1S/C18H12BrN5S/c1-24-8-14(12-5-10(19)6-22-17(12)24)15-9-25-18(23-15)13-7-21-16-11(13)3-2-4-20-16/h2-9H,1H3,(H,20,21). The summed E-state index contributed by atoms with van der Waals surface area (Å²) in [4.78, 5) is 16.9. The van der Waals surface area contributed by atoms with Crippen molar-refractivity contribution in [2.45, 2.75) is 0 Å². The van der Waals surface area contributed by atoms with Crippen LogP contribution in [0.2, 0.25) is 0 Å². The summed E-state index contributed by atoms with van der Waals surface area (Å²) in [6.07, 6.45) is 7.66. The molecule has 0 aliphatic heterocycles. The number of halogens is 1. The van der Waals surface area contributed by atoms with Gasteiger partial charge in [-0.25, -0.2) is 15.0 Å². The molecule has 0 saturated heterocycles. The molecule has 5 aromatic rings. The number of aromatic amines is 1. The van der Waals surface area contributed by atoms with Crippen LogP contribution in [0.1, 0.15) is 0 Å². The molecule has 5 rings (SSSR count). The number of nitrogens with one attached hydrogen (secondary N) is 1. The number of aromatic nitrogens is 5. The molecule has 5 nitrogen and oxygen atoms in total. The zero-order valence-corrected chi connectivity index (χ0v) is 15.6. The lowest BCUT2D eigenvalue weighted by Gasteiger charge is -1.96. The van der Waals surface area contributed by atoms with Crippen molar-refractivity contribution in [2.24, 2.45) is 7.05 Å². The van der Waals surface area contributed by atoms with Crippen molar-refractivity contribution in [2.75, 3.05) is 0 Å². The van der Waals surface area contributed by atoms with Crippen molar-refractivity contribution in [1.29, 1.82) is 0 Å². The highest BCUT2D eigenvalue weighted by Gasteiger charge is 2.15. The van der Waals surface area contributed by atoms with E-state index in [1.807, 2.05) is 30.1 Å². The first-order valence-electron chi connectivity index (χ1n) is 7.69. The molecular formula is C18H12BrN5S. The predicted octanol–water partition coefficient (Wildman–Crippen LogP) is 5.00. The van der Waals surface area contributed by atoms with Crippen LogP contribution in [0.25, 0.3) is 43.9 Å². The van der Waals surface area contributed by atoms with E-state index in [1.165, 1.54) is 0 Å². The molecule has 0 spiro atoms. The average molecular weight is 410 g/mol. The van der Waals surface area contributed by atoms with Crippen molar-refractivity contribution >= 4 is 49.3 Å². The van der Waals surface area contributed by atoms with Crippen LogP contribution < -0.4 is 0 Å². The summed E-state index contributed by atoms with van der Waals surface area (Å²) < 4.78 is 3.00. The van der Waals surface area contributed by atoms with Gasteiger partial charge in [-0.3, -0.25) is 0 Å². The van der Waals surface area contributed by atoms with E-state index in [9.17, 15) is 0 Å². The van der Waals surface area contributed by atoms with Crippen LogP contribution in [0.15, 0.2) is 52.8 Å². The summed E-state index contributed by atoms with van der Waals surface area (Å²) in [6.45, 7) is 0. The van der Waals surface area contributed by atoms with Gasteiger partial charge in [0.05, 0.1) is 5.69 Å². The van der Waals surface area contributed by atoms with Gasteiger partial charge in [0, 0.05) is 63.6 Å². The van der Waals surface area contributed by atoms with Crippen LogP contribution in [-0.2, 0) is 7.05 Å². The molecule has 122 valence electrons. The van der Waals surface area contributed by atoms with Crippen LogP contribution in [0.5, 0.6) is 0 Å². The van der Waals surface area contributed by atoms with E-state index in [1.54, 1.807) is 17.5 Å². The average Bonchev–Trinajstić information content (AvgIpc) is 3.31. The van der Waals surface area contributed by atoms with Crippen LogP contribution in [-0.4, -0.2) is 24.5 Å². The lowest BCUT2D eigenvalue weighted by Crippen LogP contribution is -1.86. The fourth-order valence-electron chi connectivity index (χ4n) is 3.09. The second-order valence-corrected chi connectivity index (χ2v) is 7.59. The van der Waals surface area contributed by atoms with Crippen molar-refractivity contribution in [3.63, 3.8) is 0 Å². The molecule has 1 N–H and O–H groups in total. The lowest BCUT2D eigenvalue weighted by molar-refractivity contribution is 0.948. The molecule has 0 saturated carbocycles. The van der Waals surface area contributed by atoms with Gasteiger partial charge in [0.2, 0.25) is 0 Å². The number of thiazole rings is 1. The first-order chi connectivity index (χ1) is 12.2. The molecular weight excluding hydrogens is 398 g/mol. The SMILES string of the molecule is Cn1cc(-c2csc(-c3c[nH]c4ncccc34)n2)c2cc(Br)cnc21. The minimum atomic E-state index is 0.882. The first kappa shape index (κ1) is 14.8. The summed E-state index contributed by atoms with van der Waals surface area (Å²) in [5.41, 5.74) is 4.96. The summed E-state index contributed by atoms with van der Waals surface area (Å²) in [7, 11) is 2.01. The second-order valence-electron chi connectivity index (χ2n) is 5.82. The van der Waals surface area contributed by atoms with Crippen LogP contribution in [0, 0.1) is 0 Å². The molecule has 5 aromatic heterocycles. The Hall–Kier alpha value is -2.51. The van der Waals surface area contributed by atoms with E-state index in [4.69, 9.17) is 4.98 Å². The van der Waals surface area contributed by atoms with Gasteiger partial charge >= 0.3 is 0 Å². The van der Waals surface area contributed by atoms with Gasteiger partial charge in [0.15, 0.2) is 0 Å². The third kappa shape index (κ3) is 2.31. The van der Waals surface area contributed by atoms with E-state index >= 15 is 0 Å². The maximum Gasteiger partial charge on any atom is 0.140 e. The van der Waals surface area contributed by atoms with Gasteiger partial charge in [-0.2, -0.15) is 0 Å². The monoisotopic (exact) mass is 409 g/mol. The van der Waals surface area contributed by atoms with E-state index in [-0.39, 0.29) is 0 Å². The predicted molar refractivity (Wildman–Crippen MR) is 105 cm³/mol. The second kappa shape index (κ2) is 5.50. The highest BCUT2D eigenvalue weighted by Crippen LogP contribution is 2.36. The molecule has 0 amide bonds. The van der Waals surface area contributed by atoms with Crippen molar-refractivity contribution in [1.82, 2.24) is 24.5 Å². The Kier molecular flexibility index (Phi) is 3.26. The minimum absolute atomic E-state index is 0.882. The maximum atomic E-state index is 4.88. The smallest absolute Gasteiger partial charge is 0.140 e. The topological polar surface area (TPSA) is 59.4 Å². The molecule has 5 heterocycles. The zero-order chi connectivity index (χ0) is 17.0. The molecule has 0 aromatic carbocycles. The number of H-pyrrole nitrogens is 1. The molecule has 0 aliphatic rings. The molecule has 25 heavy (non-hydrogen) atoms. The Morgan fingerprint density at radius 3 is 3.04 bits per heavy atom. The number of fused-ring (bicyclic) bond motifs is 2. The molecule has 0 atom stereocenters. The Bertz CT molecular complexity index is 1230. The fourth-order valence-corrected chi connectivity index (χ4v) is 4.27. The van der Waals surface area contributed by atoms with Gasteiger partial charge < -0.3 is 9.55 Å². The quantitative estimate of drug-likeness (QED) is 0.446. The van der Waals surface area contributed by atoms with E-state index in [0.717, 1.165) is 48.4 Å². The number of rotatable bonds is 2.